The van der Waals surface area contributed by atoms with Crippen LogP contribution in [0.15, 0.2) is 53.4 Å². The van der Waals surface area contributed by atoms with Crippen molar-refractivity contribution >= 4 is 15.7 Å². The molecule has 0 aliphatic rings. The molecule has 0 radical (unpaired) electrons. The summed E-state index contributed by atoms with van der Waals surface area (Å²) in [5.74, 6) is 0. The van der Waals surface area contributed by atoms with Crippen LogP contribution in [0.25, 0.3) is 0 Å². The van der Waals surface area contributed by atoms with Gasteiger partial charge < -0.3 is 0 Å². The maximum absolute atomic E-state index is 12.9. The van der Waals surface area contributed by atoms with E-state index in [0.29, 0.717) is 5.69 Å². The van der Waals surface area contributed by atoms with Crippen LogP contribution in [-0.2, 0) is 10.0 Å². The summed E-state index contributed by atoms with van der Waals surface area (Å²) in [5, 5.41) is 0. The molecule has 0 saturated carbocycles. The average Bonchev–Trinajstić information content (AvgIpc) is 2.46. The Morgan fingerprint density at radius 3 is 2.19 bits per heavy atom. The number of aryl methyl sites for hydroxylation is 2. The third-order valence-corrected chi connectivity index (χ3v) is 5.11. The molecule has 2 aromatic carbocycles. The van der Waals surface area contributed by atoms with Crippen LogP contribution in [0.5, 0.6) is 0 Å². The Bertz CT molecular complexity index is 711. The standard InChI is InChI=1S/C16H18FNO2S/c1-13-7-9-15(10-8-13)21(19,20)18(12-11-17)16-6-4-3-5-14(16)2/h3-10H,11-12H2,1-2H3. The van der Waals surface area contributed by atoms with Crippen LogP contribution in [0.2, 0.25) is 0 Å². The maximum Gasteiger partial charge on any atom is 0.264 e. The molecule has 0 aliphatic carbocycles. The van der Waals surface area contributed by atoms with Crippen molar-refractivity contribution < 1.29 is 12.8 Å². The Kier molecular flexibility index (Phi) is 4.63. The molecule has 0 heterocycles. The number of sulfonamides is 1. The summed E-state index contributed by atoms with van der Waals surface area (Å²) in [6, 6.07) is 13.6. The highest BCUT2D eigenvalue weighted by Crippen LogP contribution is 2.26. The van der Waals surface area contributed by atoms with E-state index in [-0.39, 0.29) is 11.4 Å². The van der Waals surface area contributed by atoms with Gasteiger partial charge in [0.05, 0.1) is 17.1 Å². The molecule has 0 aliphatic heterocycles. The van der Waals surface area contributed by atoms with Gasteiger partial charge in [0.15, 0.2) is 0 Å². The highest BCUT2D eigenvalue weighted by Gasteiger charge is 2.25. The topological polar surface area (TPSA) is 37.4 Å². The van der Waals surface area contributed by atoms with E-state index in [1.54, 1.807) is 36.4 Å². The highest BCUT2D eigenvalue weighted by molar-refractivity contribution is 7.92. The predicted molar refractivity (Wildman–Crippen MR) is 82.9 cm³/mol. The van der Waals surface area contributed by atoms with Crippen LogP contribution in [0, 0.1) is 13.8 Å². The molecule has 21 heavy (non-hydrogen) atoms. The summed E-state index contributed by atoms with van der Waals surface area (Å²) >= 11 is 0. The first-order valence-corrected chi connectivity index (χ1v) is 8.12. The fourth-order valence-corrected chi connectivity index (χ4v) is 3.64. The highest BCUT2D eigenvalue weighted by atomic mass is 32.2. The Balaban J connectivity index is 2.51. The Labute approximate surface area is 125 Å². The number of para-hydroxylation sites is 1. The summed E-state index contributed by atoms with van der Waals surface area (Å²) in [6.07, 6.45) is 0. The van der Waals surface area contributed by atoms with Crippen molar-refractivity contribution in [2.45, 2.75) is 18.7 Å². The van der Waals surface area contributed by atoms with Gasteiger partial charge in [-0.3, -0.25) is 4.31 Å². The van der Waals surface area contributed by atoms with Crippen molar-refractivity contribution in [3.05, 3.63) is 59.7 Å². The zero-order valence-electron chi connectivity index (χ0n) is 12.1. The zero-order valence-corrected chi connectivity index (χ0v) is 12.9. The van der Waals surface area contributed by atoms with E-state index >= 15 is 0 Å². The van der Waals surface area contributed by atoms with E-state index in [4.69, 9.17) is 0 Å². The van der Waals surface area contributed by atoms with Crippen molar-refractivity contribution in [1.29, 1.82) is 0 Å². The second-order valence-electron chi connectivity index (χ2n) is 4.87. The summed E-state index contributed by atoms with van der Waals surface area (Å²) in [5.41, 5.74) is 2.28. The molecule has 0 fully saturated rings. The van der Waals surface area contributed by atoms with Crippen molar-refractivity contribution in [1.82, 2.24) is 0 Å². The normalized spacial score (nSPS) is 11.4. The third kappa shape index (κ3) is 3.24. The van der Waals surface area contributed by atoms with Gasteiger partial charge in [0, 0.05) is 0 Å². The van der Waals surface area contributed by atoms with Gasteiger partial charge in [-0.1, -0.05) is 35.9 Å². The molecule has 0 unspecified atom stereocenters. The minimum Gasteiger partial charge on any atom is -0.263 e. The number of hydrogen-bond donors (Lipinski definition) is 0. The van der Waals surface area contributed by atoms with Crippen LogP contribution >= 0.6 is 0 Å². The van der Waals surface area contributed by atoms with Crippen LogP contribution in [-0.4, -0.2) is 21.6 Å². The summed E-state index contributed by atoms with van der Waals surface area (Å²) < 4.78 is 39.5. The number of halogens is 1. The second kappa shape index (κ2) is 6.26. The Morgan fingerprint density at radius 2 is 1.62 bits per heavy atom. The molecule has 0 spiro atoms. The quantitative estimate of drug-likeness (QED) is 0.848. The number of hydrogen-bond acceptors (Lipinski definition) is 2. The fourth-order valence-electron chi connectivity index (χ4n) is 2.13. The number of benzene rings is 2. The predicted octanol–water partition coefficient (Wildman–Crippen LogP) is 3.47. The smallest absolute Gasteiger partial charge is 0.263 e. The molecule has 0 bridgehead atoms. The number of nitrogens with zero attached hydrogens (tertiary/aromatic N) is 1. The van der Waals surface area contributed by atoms with Crippen molar-refractivity contribution in [2.75, 3.05) is 17.5 Å². The Morgan fingerprint density at radius 1 is 1.00 bits per heavy atom. The van der Waals surface area contributed by atoms with Crippen molar-refractivity contribution in [3.8, 4) is 0 Å². The van der Waals surface area contributed by atoms with Crippen LogP contribution in [0.4, 0.5) is 10.1 Å². The summed E-state index contributed by atoms with van der Waals surface area (Å²) in [7, 11) is -3.76. The van der Waals surface area contributed by atoms with Crippen LogP contribution in [0.1, 0.15) is 11.1 Å². The van der Waals surface area contributed by atoms with Gasteiger partial charge in [0.25, 0.3) is 10.0 Å². The molecular weight excluding hydrogens is 289 g/mol. The monoisotopic (exact) mass is 307 g/mol. The van der Waals surface area contributed by atoms with Crippen molar-refractivity contribution in [2.24, 2.45) is 0 Å². The van der Waals surface area contributed by atoms with Gasteiger partial charge in [0.1, 0.15) is 6.67 Å². The van der Waals surface area contributed by atoms with Gasteiger partial charge in [0.2, 0.25) is 0 Å². The lowest BCUT2D eigenvalue weighted by Gasteiger charge is -2.25. The fraction of sp³-hybridized carbons (Fsp3) is 0.250. The van der Waals surface area contributed by atoms with Crippen molar-refractivity contribution in [3.63, 3.8) is 0 Å². The first-order chi connectivity index (χ1) is 9.96. The molecule has 0 amide bonds. The molecule has 0 saturated heterocycles. The molecule has 112 valence electrons. The molecule has 2 aromatic rings. The summed E-state index contributed by atoms with van der Waals surface area (Å²) in [4.78, 5) is 0.171. The SMILES string of the molecule is Cc1ccc(S(=O)(=O)N(CCF)c2ccccc2C)cc1. The van der Waals surface area contributed by atoms with Gasteiger partial charge >= 0.3 is 0 Å². The molecule has 5 heteroatoms. The lowest BCUT2D eigenvalue weighted by Crippen LogP contribution is -2.33. The lowest BCUT2D eigenvalue weighted by molar-refractivity contribution is 0.499. The van der Waals surface area contributed by atoms with Gasteiger partial charge in [-0.2, -0.15) is 0 Å². The number of anilines is 1. The molecular formula is C16H18FNO2S. The van der Waals surface area contributed by atoms with E-state index in [1.807, 2.05) is 26.0 Å². The summed E-state index contributed by atoms with van der Waals surface area (Å²) in [6.45, 7) is 2.77. The minimum atomic E-state index is -3.76. The lowest BCUT2D eigenvalue weighted by atomic mass is 10.2. The van der Waals surface area contributed by atoms with E-state index < -0.39 is 16.7 Å². The van der Waals surface area contributed by atoms with Crippen LogP contribution in [0.3, 0.4) is 0 Å². The average molecular weight is 307 g/mol. The van der Waals surface area contributed by atoms with E-state index in [2.05, 4.69) is 0 Å². The number of rotatable bonds is 5. The molecule has 0 atom stereocenters. The minimum absolute atomic E-state index is 0.171. The Hall–Kier alpha value is -1.88. The third-order valence-electron chi connectivity index (χ3n) is 3.28. The molecule has 0 aromatic heterocycles. The van der Waals surface area contributed by atoms with Crippen LogP contribution < -0.4 is 4.31 Å². The first kappa shape index (κ1) is 15.5. The molecule has 3 nitrogen and oxygen atoms in total. The van der Waals surface area contributed by atoms with E-state index in [0.717, 1.165) is 15.4 Å². The largest absolute Gasteiger partial charge is 0.264 e. The van der Waals surface area contributed by atoms with Gasteiger partial charge in [-0.05, 0) is 37.6 Å². The first-order valence-electron chi connectivity index (χ1n) is 6.68. The number of alkyl halides is 1. The molecule has 0 N–H and O–H groups in total. The van der Waals surface area contributed by atoms with Gasteiger partial charge in [-0.15, -0.1) is 0 Å². The second-order valence-corrected chi connectivity index (χ2v) is 6.73. The zero-order chi connectivity index (χ0) is 15.5. The molecule has 2 rings (SSSR count). The maximum atomic E-state index is 12.9. The van der Waals surface area contributed by atoms with Gasteiger partial charge in [-0.25, -0.2) is 12.8 Å². The van der Waals surface area contributed by atoms with E-state index in [9.17, 15) is 12.8 Å². The van der Waals surface area contributed by atoms with E-state index in [1.165, 1.54) is 0 Å².